The van der Waals surface area contributed by atoms with Gasteiger partial charge in [-0.05, 0) is 24.3 Å². The predicted molar refractivity (Wildman–Crippen MR) is 58.2 cm³/mol. The first-order valence-electron chi connectivity index (χ1n) is 4.84. The average Bonchev–Trinajstić information content (AvgIpc) is 2.40. The van der Waals surface area contributed by atoms with E-state index in [-0.39, 0.29) is 53.1 Å². The quantitative estimate of drug-likeness (QED) is 0.316. The molecule has 0 bridgehead atoms. The molecule has 0 saturated carbocycles. The molecule has 0 spiro atoms. The molecule has 2 aromatic heterocycles. The summed E-state index contributed by atoms with van der Waals surface area (Å²) < 4.78 is 4.66. The third-order valence-electron chi connectivity index (χ3n) is 1.98. The van der Waals surface area contributed by atoms with Crippen molar-refractivity contribution in [1.82, 2.24) is 9.97 Å². The normalized spacial score (nSPS) is 8.63. The molecule has 0 aromatic carbocycles. The van der Waals surface area contributed by atoms with E-state index in [9.17, 15) is 9.59 Å². The van der Waals surface area contributed by atoms with Gasteiger partial charge < -0.3 is 17.1 Å². The molecule has 5 nitrogen and oxygen atoms in total. The van der Waals surface area contributed by atoms with Crippen molar-refractivity contribution in [3.63, 3.8) is 0 Å². The second-order valence-corrected chi connectivity index (χ2v) is 3.16. The van der Waals surface area contributed by atoms with Crippen LogP contribution in [0, 0.1) is 0 Å². The van der Waals surface area contributed by atoms with Crippen molar-refractivity contribution in [2.75, 3.05) is 0 Å². The standard InChI is InChI=1S/C12H8N2O3.ClH.Na/c15-11(9-3-1-5-13-7-9)17-12(16)10-4-2-6-14-8-10;;/h1-8H;1H;/q;;+1/p-1. The summed E-state index contributed by atoms with van der Waals surface area (Å²) in [4.78, 5) is 30.6. The largest absolute Gasteiger partial charge is 1.00 e. The predicted octanol–water partition coefficient (Wildman–Crippen LogP) is -4.52. The van der Waals surface area contributed by atoms with Gasteiger partial charge in [-0.1, -0.05) is 0 Å². The fraction of sp³-hybridized carbons (Fsp3) is 0. The van der Waals surface area contributed by atoms with Gasteiger partial charge in [0.15, 0.2) is 0 Å². The molecule has 0 aliphatic carbocycles. The number of hydrogen-bond donors (Lipinski definition) is 0. The number of aromatic nitrogens is 2. The van der Waals surface area contributed by atoms with Crippen molar-refractivity contribution in [2.24, 2.45) is 0 Å². The number of pyridine rings is 2. The van der Waals surface area contributed by atoms with Crippen molar-refractivity contribution in [3.05, 3.63) is 60.2 Å². The molecule has 92 valence electrons. The molecule has 0 saturated heterocycles. The summed E-state index contributed by atoms with van der Waals surface area (Å²) in [5.74, 6) is -1.46. The fourth-order valence-electron chi connectivity index (χ4n) is 1.17. The smallest absolute Gasteiger partial charge is 1.00 e. The van der Waals surface area contributed by atoms with Crippen molar-refractivity contribution in [2.45, 2.75) is 0 Å². The Morgan fingerprint density at radius 1 is 0.895 bits per heavy atom. The van der Waals surface area contributed by atoms with Crippen LogP contribution in [0.15, 0.2) is 49.1 Å². The molecule has 2 rings (SSSR count). The van der Waals surface area contributed by atoms with Gasteiger partial charge in [-0.2, -0.15) is 0 Å². The third kappa shape index (κ3) is 5.08. The van der Waals surface area contributed by atoms with Crippen LogP contribution in [0.4, 0.5) is 0 Å². The number of carbonyl (C=O) groups excluding carboxylic acids is 2. The van der Waals surface area contributed by atoms with E-state index >= 15 is 0 Å². The Bertz CT molecular complexity index is 488. The number of hydrogen-bond acceptors (Lipinski definition) is 5. The molecular weight excluding hydrogens is 279 g/mol. The number of halogens is 1. The molecule has 0 unspecified atom stereocenters. The number of esters is 2. The van der Waals surface area contributed by atoms with Crippen LogP contribution in [0.3, 0.4) is 0 Å². The minimum absolute atomic E-state index is 0. The molecule has 2 aromatic rings. The summed E-state index contributed by atoms with van der Waals surface area (Å²) in [5, 5.41) is 0. The van der Waals surface area contributed by atoms with Crippen molar-refractivity contribution in [3.8, 4) is 0 Å². The summed E-state index contributed by atoms with van der Waals surface area (Å²) in [6, 6.07) is 6.22. The number of nitrogens with zero attached hydrogens (tertiary/aromatic N) is 2. The third-order valence-corrected chi connectivity index (χ3v) is 1.98. The van der Waals surface area contributed by atoms with Gasteiger partial charge >= 0.3 is 41.5 Å². The number of ether oxygens (including phenoxy) is 1. The first-order chi connectivity index (χ1) is 8.27. The van der Waals surface area contributed by atoms with Crippen LogP contribution >= 0.6 is 0 Å². The molecule has 19 heavy (non-hydrogen) atoms. The summed E-state index contributed by atoms with van der Waals surface area (Å²) in [7, 11) is 0. The number of rotatable bonds is 2. The van der Waals surface area contributed by atoms with Crippen LogP contribution in [0.5, 0.6) is 0 Å². The van der Waals surface area contributed by atoms with Crippen molar-refractivity contribution >= 4 is 11.9 Å². The molecule has 0 fully saturated rings. The average molecular weight is 287 g/mol. The van der Waals surface area contributed by atoms with Crippen LogP contribution < -0.4 is 42.0 Å². The second-order valence-electron chi connectivity index (χ2n) is 3.16. The van der Waals surface area contributed by atoms with E-state index < -0.39 is 11.9 Å². The zero-order valence-electron chi connectivity index (χ0n) is 10.1. The minimum Gasteiger partial charge on any atom is -1.00 e. The SMILES string of the molecule is O=C(OC(=O)c1cccnc1)c1cccnc1.[Cl-].[Na+]. The first-order valence-corrected chi connectivity index (χ1v) is 4.84. The van der Waals surface area contributed by atoms with Gasteiger partial charge in [-0.15, -0.1) is 0 Å². The van der Waals surface area contributed by atoms with Gasteiger partial charge in [-0.3, -0.25) is 9.97 Å². The van der Waals surface area contributed by atoms with E-state index in [1.807, 2.05) is 0 Å². The molecule has 0 N–H and O–H groups in total. The molecule has 0 radical (unpaired) electrons. The maximum atomic E-state index is 11.5. The topological polar surface area (TPSA) is 69.2 Å². The Kier molecular flexibility index (Phi) is 8.18. The van der Waals surface area contributed by atoms with E-state index in [1.165, 1.54) is 36.9 Å². The van der Waals surface area contributed by atoms with E-state index in [0.29, 0.717) is 0 Å². The number of carbonyl (C=O) groups is 2. The first kappa shape index (κ1) is 17.7. The van der Waals surface area contributed by atoms with Crippen LogP contribution in [0.25, 0.3) is 0 Å². The van der Waals surface area contributed by atoms with Gasteiger partial charge in [0.2, 0.25) is 0 Å². The van der Waals surface area contributed by atoms with Crippen LogP contribution in [0.1, 0.15) is 20.7 Å². The minimum atomic E-state index is -0.730. The summed E-state index contributed by atoms with van der Waals surface area (Å²) in [6.45, 7) is 0. The Morgan fingerprint density at radius 3 is 1.63 bits per heavy atom. The van der Waals surface area contributed by atoms with E-state index in [0.717, 1.165) is 0 Å². The molecule has 0 amide bonds. The van der Waals surface area contributed by atoms with E-state index in [2.05, 4.69) is 14.7 Å². The van der Waals surface area contributed by atoms with E-state index in [1.54, 1.807) is 12.1 Å². The van der Waals surface area contributed by atoms with Gasteiger partial charge in [0.25, 0.3) is 0 Å². The molecule has 0 aliphatic rings. The Labute approximate surface area is 138 Å². The Hall–Kier alpha value is -1.27. The van der Waals surface area contributed by atoms with E-state index in [4.69, 9.17) is 0 Å². The second kappa shape index (κ2) is 8.77. The summed E-state index contributed by atoms with van der Waals surface area (Å²) in [5.41, 5.74) is 0.453. The Morgan fingerprint density at radius 2 is 1.32 bits per heavy atom. The molecule has 0 atom stereocenters. The molecular formula is C12H8ClN2NaO3. The maximum Gasteiger partial charge on any atom is 1.00 e. The monoisotopic (exact) mass is 286 g/mol. The zero-order chi connectivity index (χ0) is 12.1. The zero-order valence-corrected chi connectivity index (χ0v) is 12.9. The van der Waals surface area contributed by atoms with Crippen LogP contribution in [0.2, 0.25) is 0 Å². The Balaban J connectivity index is 0.00000162. The molecule has 7 heteroatoms. The van der Waals surface area contributed by atoms with Crippen molar-refractivity contribution in [1.29, 1.82) is 0 Å². The van der Waals surface area contributed by atoms with Gasteiger partial charge in [0.05, 0.1) is 11.1 Å². The maximum absolute atomic E-state index is 11.5. The van der Waals surface area contributed by atoms with Crippen LogP contribution in [-0.4, -0.2) is 21.9 Å². The summed E-state index contributed by atoms with van der Waals surface area (Å²) >= 11 is 0. The van der Waals surface area contributed by atoms with Crippen LogP contribution in [-0.2, 0) is 4.74 Å². The van der Waals surface area contributed by atoms with Gasteiger partial charge in [0.1, 0.15) is 0 Å². The van der Waals surface area contributed by atoms with Gasteiger partial charge in [0, 0.05) is 24.8 Å². The fourth-order valence-corrected chi connectivity index (χ4v) is 1.17. The molecule has 2 heterocycles. The van der Waals surface area contributed by atoms with Crippen molar-refractivity contribution < 1.29 is 56.3 Å². The van der Waals surface area contributed by atoms with Gasteiger partial charge in [-0.25, -0.2) is 9.59 Å². The summed E-state index contributed by atoms with van der Waals surface area (Å²) in [6.07, 6.45) is 5.72. The molecule has 0 aliphatic heterocycles.